The van der Waals surface area contributed by atoms with Crippen LogP contribution in [0.3, 0.4) is 0 Å². The van der Waals surface area contributed by atoms with Gasteiger partial charge in [-0.3, -0.25) is 4.79 Å². The fourth-order valence-electron chi connectivity index (χ4n) is 1.40. The predicted octanol–water partition coefficient (Wildman–Crippen LogP) is 1.43. The van der Waals surface area contributed by atoms with E-state index in [1.807, 2.05) is 30.3 Å². The molecule has 5 heteroatoms. The van der Waals surface area contributed by atoms with Gasteiger partial charge in [0, 0.05) is 26.6 Å². The van der Waals surface area contributed by atoms with Crippen LogP contribution in [-0.2, 0) is 16.1 Å². The van der Waals surface area contributed by atoms with E-state index in [9.17, 15) is 4.79 Å². The lowest BCUT2D eigenvalue weighted by Crippen LogP contribution is -2.31. The highest BCUT2D eigenvalue weighted by Gasteiger charge is 2.06. The van der Waals surface area contributed by atoms with Gasteiger partial charge in [-0.05, 0) is 5.56 Å². The van der Waals surface area contributed by atoms with Gasteiger partial charge < -0.3 is 15.4 Å². The summed E-state index contributed by atoms with van der Waals surface area (Å²) in [5.41, 5.74) is 6.46. The number of ether oxygens (including phenoxy) is 1. The number of rotatable bonds is 7. The van der Waals surface area contributed by atoms with Crippen LogP contribution in [0.1, 0.15) is 12.0 Å². The van der Waals surface area contributed by atoms with Crippen LogP contribution in [0.25, 0.3) is 0 Å². The van der Waals surface area contributed by atoms with Crippen molar-refractivity contribution in [2.75, 3.05) is 26.7 Å². The summed E-state index contributed by atoms with van der Waals surface area (Å²) in [4.78, 5) is 13.0. The van der Waals surface area contributed by atoms with Gasteiger partial charge in [0.1, 0.15) is 0 Å². The molecule has 0 spiro atoms. The largest absolute Gasteiger partial charge is 0.375 e. The number of nitrogens with two attached hydrogens (primary N) is 1. The Morgan fingerprint density at radius 3 is 2.61 bits per heavy atom. The van der Waals surface area contributed by atoms with Crippen molar-refractivity contribution in [2.24, 2.45) is 5.73 Å². The van der Waals surface area contributed by atoms with Gasteiger partial charge in [0.25, 0.3) is 0 Å². The number of carbonyl (C=O) groups excluding carboxylic acids is 1. The molecule has 0 aliphatic carbocycles. The van der Waals surface area contributed by atoms with Crippen molar-refractivity contribution in [3.63, 3.8) is 0 Å². The molecular weight excluding hydrogens is 252 g/mol. The van der Waals surface area contributed by atoms with Crippen molar-refractivity contribution in [1.29, 1.82) is 0 Å². The van der Waals surface area contributed by atoms with Crippen LogP contribution >= 0.6 is 12.4 Å². The van der Waals surface area contributed by atoms with Crippen molar-refractivity contribution in [3.05, 3.63) is 35.9 Å². The maximum Gasteiger partial charge on any atom is 0.223 e. The number of hydrogen-bond donors (Lipinski definition) is 1. The van der Waals surface area contributed by atoms with Gasteiger partial charge in [0.15, 0.2) is 0 Å². The number of carbonyl (C=O) groups is 1. The van der Waals surface area contributed by atoms with E-state index in [2.05, 4.69) is 0 Å². The van der Waals surface area contributed by atoms with Crippen molar-refractivity contribution >= 4 is 18.3 Å². The van der Waals surface area contributed by atoms with E-state index in [4.69, 9.17) is 10.5 Å². The standard InChI is InChI=1S/C13H20N2O2.ClH/c1-15(13(16)7-8-14)9-10-17-11-12-5-3-2-4-6-12;/h2-6H,7-11,14H2,1H3;1H. The summed E-state index contributed by atoms with van der Waals surface area (Å²) in [6.45, 7) is 2.13. The van der Waals surface area contributed by atoms with E-state index in [1.54, 1.807) is 11.9 Å². The van der Waals surface area contributed by atoms with Crippen LogP contribution < -0.4 is 5.73 Å². The summed E-state index contributed by atoms with van der Waals surface area (Å²) in [5.74, 6) is 0.0656. The van der Waals surface area contributed by atoms with Crippen LogP contribution in [-0.4, -0.2) is 37.6 Å². The number of nitrogens with zero attached hydrogens (tertiary/aromatic N) is 1. The molecule has 0 aliphatic heterocycles. The molecule has 1 aromatic carbocycles. The van der Waals surface area contributed by atoms with Crippen molar-refractivity contribution in [1.82, 2.24) is 4.90 Å². The molecule has 0 aliphatic rings. The zero-order valence-electron chi connectivity index (χ0n) is 10.7. The molecule has 0 aromatic heterocycles. The van der Waals surface area contributed by atoms with E-state index < -0.39 is 0 Å². The lowest BCUT2D eigenvalue weighted by molar-refractivity contribution is -0.130. The molecule has 0 heterocycles. The number of likely N-dealkylation sites (N-methyl/N-ethyl adjacent to an activating group) is 1. The molecule has 0 radical (unpaired) electrons. The summed E-state index contributed by atoms with van der Waals surface area (Å²) < 4.78 is 5.49. The lowest BCUT2D eigenvalue weighted by Gasteiger charge is -2.16. The first kappa shape index (κ1) is 16.9. The zero-order chi connectivity index (χ0) is 12.5. The van der Waals surface area contributed by atoms with Crippen LogP contribution in [0, 0.1) is 0 Å². The monoisotopic (exact) mass is 272 g/mol. The van der Waals surface area contributed by atoms with Gasteiger partial charge in [-0.25, -0.2) is 0 Å². The summed E-state index contributed by atoms with van der Waals surface area (Å²) in [6.07, 6.45) is 0.398. The predicted molar refractivity (Wildman–Crippen MR) is 74.7 cm³/mol. The number of hydrogen-bond acceptors (Lipinski definition) is 3. The number of amides is 1. The highest BCUT2D eigenvalue weighted by atomic mass is 35.5. The van der Waals surface area contributed by atoms with Crippen molar-refractivity contribution in [3.8, 4) is 0 Å². The molecule has 0 unspecified atom stereocenters. The van der Waals surface area contributed by atoms with E-state index >= 15 is 0 Å². The smallest absolute Gasteiger partial charge is 0.223 e. The summed E-state index contributed by atoms with van der Waals surface area (Å²) in [7, 11) is 1.77. The quantitative estimate of drug-likeness (QED) is 0.764. The van der Waals surface area contributed by atoms with Gasteiger partial charge in [0.2, 0.25) is 5.91 Å². The Bertz CT molecular complexity index is 333. The number of benzene rings is 1. The van der Waals surface area contributed by atoms with E-state index in [-0.39, 0.29) is 18.3 Å². The Hall–Kier alpha value is -1.10. The average molecular weight is 273 g/mol. The van der Waals surface area contributed by atoms with Gasteiger partial charge in [-0.2, -0.15) is 0 Å². The second-order valence-corrected chi connectivity index (χ2v) is 3.89. The molecule has 0 saturated heterocycles. The Balaban J connectivity index is 0.00000289. The third-order valence-electron chi connectivity index (χ3n) is 2.47. The molecule has 0 bridgehead atoms. The molecule has 1 aromatic rings. The SMILES string of the molecule is CN(CCOCc1ccccc1)C(=O)CCN.Cl. The lowest BCUT2D eigenvalue weighted by atomic mass is 10.2. The number of halogens is 1. The maximum atomic E-state index is 11.4. The molecule has 18 heavy (non-hydrogen) atoms. The first-order chi connectivity index (χ1) is 8.24. The molecule has 0 fully saturated rings. The van der Waals surface area contributed by atoms with Gasteiger partial charge in [0.05, 0.1) is 13.2 Å². The molecule has 102 valence electrons. The Labute approximate surface area is 115 Å². The van der Waals surface area contributed by atoms with Crippen molar-refractivity contribution < 1.29 is 9.53 Å². The Morgan fingerprint density at radius 2 is 2.00 bits per heavy atom. The van der Waals surface area contributed by atoms with Gasteiger partial charge >= 0.3 is 0 Å². The molecule has 0 saturated carbocycles. The van der Waals surface area contributed by atoms with E-state index in [0.29, 0.717) is 32.7 Å². The van der Waals surface area contributed by atoms with Crippen LogP contribution in [0.2, 0.25) is 0 Å². The fraction of sp³-hybridized carbons (Fsp3) is 0.462. The van der Waals surface area contributed by atoms with Gasteiger partial charge in [-0.15, -0.1) is 12.4 Å². The Kier molecular flexibility index (Phi) is 9.28. The van der Waals surface area contributed by atoms with Crippen LogP contribution in [0.5, 0.6) is 0 Å². The second kappa shape index (κ2) is 9.88. The maximum absolute atomic E-state index is 11.4. The first-order valence-electron chi connectivity index (χ1n) is 5.79. The average Bonchev–Trinajstić information content (AvgIpc) is 2.36. The molecule has 4 nitrogen and oxygen atoms in total. The molecule has 0 atom stereocenters. The van der Waals surface area contributed by atoms with E-state index in [0.717, 1.165) is 5.56 Å². The summed E-state index contributed by atoms with van der Waals surface area (Å²) in [5, 5.41) is 0. The van der Waals surface area contributed by atoms with Gasteiger partial charge in [-0.1, -0.05) is 30.3 Å². The minimum absolute atomic E-state index is 0. The highest BCUT2D eigenvalue weighted by molar-refractivity contribution is 5.85. The summed E-state index contributed by atoms with van der Waals surface area (Å²) in [6, 6.07) is 9.97. The molecule has 1 amide bonds. The zero-order valence-corrected chi connectivity index (χ0v) is 11.5. The third-order valence-corrected chi connectivity index (χ3v) is 2.47. The fourth-order valence-corrected chi connectivity index (χ4v) is 1.40. The van der Waals surface area contributed by atoms with Crippen LogP contribution in [0.4, 0.5) is 0 Å². The van der Waals surface area contributed by atoms with Crippen LogP contribution in [0.15, 0.2) is 30.3 Å². The topological polar surface area (TPSA) is 55.6 Å². The highest BCUT2D eigenvalue weighted by Crippen LogP contribution is 2.00. The molecule has 2 N–H and O–H groups in total. The minimum Gasteiger partial charge on any atom is -0.375 e. The second-order valence-electron chi connectivity index (χ2n) is 3.89. The normalized spacial score (nSPS) is 9.67. The first-order valence-corrected chi connectivity index (χ1v) is 5.79. The molecule has 1 rings (SSSR count). The summed E-state index contributed by atoms with van der Waals surface area (Å²) >= 11 is 0. The minimum atomic E-state index is 0. The molecular formula is C13H21ClN2O2. The third kappa shape index (κ3) is 6.59. The van der Waals surface area contributed by atoms with E-state index in [1.165, 1.54) is 0 Å². The Morgan fingerprint density at radius 1 is 1.33 bits per heavy atom. The van der Waals surface area contributed by atoms with Crippen molar-refractivity contribution in [2.45, 2.75) is 13.0 Å².